The van der Waals surface area contributed by atoms with E-state index in [-0.39, 0.29) is 0 Å². The Morgan fingerprint density at radius 2 is 2.08 bits per heavy atom. The molecule has 0 radical (unpaired) electrons. The summed E-state index contributed by atoms with van der Waals surface area (Å²) in [4.78, 5) is 0. The van der Waals surface area contributed by atoms with Crippen LogP contribution < -0.4 is 0 Å². The summed E-state index contributed by atoms with van der Waals surface area (Å²) in [5.74, 6) is 0. The third kappa shape index (κ3) is 1.11. The van der Waals surface area contributed by atoms with Crippen LogP contribution in [-0.4, -0.2) is 0 Å². The molecule has 0 N–H and O–H groups in total. The highest BCUT2D eigenvalue weighted by atomic mass is 79.9. The molecule has 0 fully saturated rings. The average molecular weight is 225 g/mol. The van der Waals surface area contributed by atoms with Crippen LogP contribution in [0.4, 0.5) is 0 Å². The van der Waals surface area contributed by atoms with E-state index < -0.39 is 0 Å². The number of hydrogen-bond donors (Lipinski definition) is 0. The van der Waals surface area contributed by atoms with Gasteiger partial charge in [-0.3, -0.25) is 0 Å². The average Bonchev–Trinajstić information content (AvgIpc) is 2.29. The topological polar surface area (TPSA) is 0 Å². The summed E-state index contributed by atoms with van der Waals surface area (Å²) in [5, 5.41) is 0. The van der Waals surface area contributed by atoms with Gasteiger partial charge in [-0.25, -0.2) is 0 Å². The fraction of sp³-hybridized carbons (Fsp3) is 0.455. The molecule has 1 heteroatoms. The van der Waals surface area contributed by atoms with Crippen LogP contribution in [0.25, 0.3) is 0 Å². The van der Waals surface area contributed by atoms with Gasteiger partial charge in [0.15, 0.2) is 0 Å². The van der Waals surface area contributed by atoms with Crippen molar-refractivity contribution in [3.8, 4) is 0 Å². The lowest BCUT2D eigenvalue weighted by Gasteiger charge is -2.20. The van der Waals surface area contributed by atoms with E-state index in [9.17, 15) is 0 Å². The van der Waals surface area contributed by atoms with Crippen molar-refractivity contribution in [1.82, 2.24) is 0 Å². The van der Waals surface area contributed by atoms with Gasteiger partial charge >= 0.3 is 0 Å². The Labute approximate surface area is 82.1 Å². The molecule has 0 atom stereocenters. The van der Waals surface area contributed by atoms with Crippen LogP contribution in [0.5, 0.6) is 0 Å². The molecule has 1 aromatic rings. The Morgan fingerprint density at radius 3 is 2.75 bits per heavy atom. The second-order valence-electron chi connectivity index (χ2n) is 4.16. The molecule has 0 heterocycles. The van der Waals surface area contributed by atoms with Crippen LogP contribution in [0.3, 0.4) is 0 Å². The molecule has 1 aliphatic rings. The largest absolute Gasteiger partial charge is 0.0609 e. The molecule has 64 valence electrons. The first-order valence-electron chi connectivity index (χ1n) is 4.39. The summed E-state index contributed by atoms with van der Waals surface area (Å²) >= 11 is 3.62. The van der Waals surface area contributed by atoms with Crippen molar-refractivity contribution in [3.63, 3.8) is 0 Å². The summed E-state index contributed by atoms with van der Waals surface area (Å²) in [6.45, 7) is 4.65. The summed E-state index contributed by atoms with van der Waals surface area (Å²) in [6, 6.07) is 6.52. The van der Waals surface area contributed by atoms with Crippen LogP contribution in [0, 0.1) is 0 Å². The summed E-state index contributed by atoms with van der Waals surface area (Å²) in [6.07, 6.45) is 2.52. The number of halogens is 1. The zero-order valence-corrected chi connectivity index (χ0v) is 9.11. The predicted molar refractivity (Wildman–Crippen MR) is 55.5 cm³/mol. The number of hydrogen-bond acceptors (Lipinski definition) is 0. The maximum absolute atomic E-state index is 3.62. The van der Waals surface area contributed by atoms with Crippen LogP contribution >= 0.6 is 15.9 Å². The molecule has 0 amide bonds. The summed E-state index contributed by atoms with van der Waals surface area (Å²) < 4.78 is 1.28. The fourth-order valence-corrected chi connectivity index (χ4v) is 3.05. The molecular weight excluding hydrogens is 212 g/mol. The quantitative estimate of drug-likeness (QED) is 0.631. The Bertz CT molecular complexity index is 313. The van der Waals surface area contributed by atoms with Gasteiger partial charge in [0.1, 0.15) is 0 Å². The minimum absolute atomic E-state index is 0.370. The van der Waals surface area contributed by atoms with Gasteiger partial charge in [0.05, 0.1) is 0 Å². The van der Waals surface area contributed by atoms with E-state index in [2.05, 4.69) is 48.0 Å². The van der Waals surface area contributed by atoms with E-state index in [0.29, 0.717) is 5.41 Å². The standard InChI is InChI=1S/C11H13Br/c1-11(2)7-6-8-4-3-5-9(12)10(8)11/h3-5H,6-7H2,1-2H3. The van der Waals surface area contributed by atoms with Gasteiger partial charge in [-0.05, 0) is 35.4 Å². The van der Waals surface area contributed by atoms with Gasteiger partial charge in [-0.1, -0.05) is 41.9 Å². The lowest BCUT2D eigenvalue weighted by molar-refractivity contribution is 0.520. The molecule has 12 heavy (non-hydrogen) atoms. The molecule has 0 spiro atoms. The van der Waals surface area contributed by atoms with Crippen molar-refractivity contribution in [3.05, 3.63) is 33.8 Å². The lowest BCUT2D eigenvalue weighted by Crippen LogP contribution is -2.12. The summed E-state index contributed by atoms with van der Waals surface area (Å²) in [5.41, 5.74) is 3.41. The number of rotatable bonds is 0. The van der Waals surface area contributed by atoms with Crippen LogP contribution in [0.2, 0.25) is 0 Å². The molecule has 0 nitrogen and oxygen atoms in total. The highest BCUT2D eigenvalue weighted by Gasteiger charge is 2.31. The Balaban J connectivity index is 2.64. The van der Waals surface area contributed by atoms with Crippen LogP contribution in [-0.2, 0) is 11.8 Å². The molecule has 1 aliphatic carbocycles. The van der Waals surface area contributed by atoms with E-state index in [0.717, 1.165) is 0 Å². The number of benzene rings is 1. The third-order valence-corrected chi connectivity index (χ3v) is 3.46. The minimum atomic E-state index is 0.370. The first-order valence-corrected chi connectivity index (χ1v) is 5.18. The second-order valence-corrected chi connectivity index (χ2v) is 5.01. The first kappa shape index (κ1) is 8.31. The van der Waals surface area contributed by atoms with Crippen LogP contribution in [0.1, 0.15) is 31.4 Å². The van der Waals surface area contributed by atoms with E-state index in [1.54, 1.807) is 0 Å². The maximum atomic E-state index is 3.62. The molecule has 1 aromatic carbocycles. The highest BCUT2D eigenvalue weighted by molar-refractivity contribution is 9.10. The van der Waals surface area contributed by atoms with E-state index in [1.165, 1.54) is 28.4 Å². The minimum Gasteiger partial charge on any atom is -0.0609 e. The monoisotopic (exact) mass is 224 g/mol. The predicted octanol–water partition coefficient (Wildman–Crippen LogP) is 3.67. The molecule has 0 aromatic heterocycles. The van der Waals surface area contributed by atoms with Gasteiger partial charge in [0.2, 0.25) is 0 Å². The highest BCUT2D eigenvalue weighted by Crippen LogP contribution is 2.42. The van der Waals surface area contributed by atoms with Gasteiger partial charge in [0, 0.05) is 4.47 Å². The Morgan fingerprint density at radius 1 is 1.33 bits per heavy atom. The molecule has 0 unspecified atom stereocenters. The van der Waals surface area contributed by atoms with E-state index in [4.69, 9.17) is 0 Å². The fourth-order valence-electron chi connectivity index (χ4n) is 2.11. The van der Waals surface area contributed by atoms with Crippen molar-refractivity contribution < 1.29 is 0 Å². The lowest BCUT2D eigenvalue weighted by atomic mass is 9.87. The number of fused-ring (bicyclic) bond motifs is 1. The van der Waals surface area contributed by atoms with Crippen molar-refractivity contribution in [2.75, 3.05) is 0 Å². The van der Waals surface area contributed by atoms with Crippen molar-refractivity contribution in [2.45, 2.75) is 32.1 Å². The van der Waals surface area contributed by atoms with Crippen molar-refractivity contribution in [1.29, 1.82) is 0 Å². The SMILES string of the molecule is CC1(C)CCc2cccc(Br)c21. The van der Waals surface area contributed by atoms with Gasteiger partial charge in [0.25, 0.3) is 0 Å². The zero-order valence-electron chi connectivity index (χ0n) is 7.52. The molecule has 0 saturated heterocycles. The zero-order chi connectivity index (χ0) is 8.77. The first-order chi connectivity index (χ1) is 5.61. The number of aryl methyl sites for hydroxylation is 1. The van der Waals surface area contributed by atoms with Gasteiger partial charge < -0.3 is 0 Å². The smallest absolute Gasteiger partial charge is 0.0215 e. The van der Waals surface area contributed by atoms with Gasteiger partial charge in [-0.2, -0.15) is 0 Å². The Kier molecular flexibility index (Phi) is 1.80. The van der Waals surface area contributed by atoms with Gasteiger partial charge in [-0.15, -0.1) is 0 Å². The summed E-state index contributed by atoms with van der Waals surface area (Å²) in [7, 11) is 0. The molecule has 0 saturated carbocycles. The third-order valence-electron chi connectivity index (χ3n) is 2.80. The molecule has 0 bridgehead atoms. The second kappa shape index (κ2) is 2.59. The Hall–Kier alpha value is -0.300. The molecule has 0 aliphatic heterocycles. The normalized spacial score (nSPS) is 19.2. The van der Waals surface area contributed by atoms with E-state index in [1.807, 2.05) is 0 Å². The van der Waals surface area contributed by atoms with Crippen LogP contribution in [0.15, 0.2) is 22.7 Å². The van der Waals surface area contributed by atoms with Crippen molar-refractivity contribution >= 4 is 15.9 Å². The van der Waals surface area contributed by atoms with Crippen molar-refractivity contribution in [2.24, 2.45) is 0 Å². The van der Waals surface area contributed by atoms with E-state index >= 15 is 0 Å². The molecular formula is C11H13Br. The maximum Gasteiger partial charge on any atom is 0.0215 e. The molecule has 2 rings (SSSR count).